The van der Waals surface area contributed by atoms with E-state index in [0.717, 1.165) is 13.0 Å². The topological polar surface area (TPSA) is 67.4 Å². The Balaban J connectivity index is 2.50. The summed E-state index contributed by atoms with van der Waals surface area (Å²) in [5.41, 5.74) is 0.320. The molecule has 0 aliphatic rings. The quantitative estimate of drug-likeness (QED) is 0.685. The molecule has 1 rings (SSSR count). The third-order valence-electron chi connectivity index (χ3n) is 2.44. The van der Waals surface area contributed by atoms with Gasteiger partial charge in [-0.05, 0) is 50.7 Å². The van der Waals surface area contributed by atoms with Gasteiger partial charge in [-0.3, -0.25) is 4.72 Å². The van der Waals surface area contributed by atoms with E-state index in [1.165, 1.54) is 24.3 Å². The van der Waals surface area contributed by atoms with Crippen molar-refractivity contribution in [2.24, 2.45) is 0 Å². The second-order valence-corrected chi connectivity index (χ2v) is 5.98. The molecular formula is C12H18F2N2O3S. The van der Waals surface area contributed by atoms with Crippen LogP contribution in [0, 0.1) is 0 Å². The molecular weight excluding hydrogens is 290 g/mol. The van der Waals surface area contributed by atoms with Crippen LogP contribution in [0.4, 0.5) is 14.5 Å². The van der Waals surface area contributed by atoms with E-state index in [0.29, 0.717) is 12.1 Å². The summed E-state index contributed by atoms with van der Waals surface area (Å²) < 4.78 is 54.0. The molecule has 0 saturated heterocycles. The SMILES string of the molecule is CNCCCCS(=O)(=O)Nc1ccc(OC(F)F)cc1. The predicted octanol–water partition coefficient (Wildman–Crippen LogP) is 2.03. The van der Waals surface area contributed by atoms with Gasteiger partial charge in [-0.25, -0.2) is 8.42 Å². The molecule has 0 saturated carbocycles. The maximum Gasteiger partial charge on any atom is 0.387 e. The van der Waals surface area contributed by atoms with E-state index in [1.807, 2.05) is 0 Å². The molecule has 0 radical (unpaired) electrons. The number of benzene rings is 1. The van der Waals surface area contributed by atoms with E-state index >= 15 is 0 Å². The van der Waals surface area contributed by atoms with Gasteiger partial charge in [0.15, 0.2) is 0 Å². The van der Waals surface area contributed by atoms with Crippen LogP contribution in [0.2, 0.25) is 0 Å². The summed E-state index contributed by atoms with van der Waals surface area (Å²) in [5.74, 6) is 0.00113. The minimum Gasteiger partial charge on any atom is -0.435 e. The van der Waals surface area contributed by atoms with Gasteiger partial charge >= 0.3 is 6.61 Å². The molecule has 0 aliphatic heterocycles. The predicted molar refractivity (Wildman–Crippen MR) is 73.6 cm³/mol. The van der Waals surface area contributed by atoms with E-state index < -0.39 is 16.6 Å². The number of alkyl halides is 2. The first kappa shape index (κ1) is 16.6. The van der Waals surface area contributed by atoms with Crippen LogP contribution < -0.4 is 14.8 Å². The number of sulfonamides is 1. The third kappa shape index (κ3) is 6.67. The molecule has 0 atom stereocenters. The summed E-state index contributed by atoms with van der Waals surface area (Å²) in [5, 5.41) is 2.94. The molecule has 0 aliphatic carbocycles. The maximum atomic E-state index is 12.0. The average molecular weight is 308 g/mol. The fourth-order valence-corrected chi connectivity index (χ4v) is 2.71. The molecule has 0 heterocycles. The lowest BCUT2D eigenvalue weighted by Gasteiger charge is -2.09. The fourth-order valence-electron chi connectivity index (χ4n) is 1.53. The van der Waals surface area contributed by atoms with Crippen molar-refractivity contribution in [3.8, 4) is 5.75 Å². The zero-order chi connectivity index (χ0) is 15.0. The van der Waals surface area contributed by atoms with Crippen LogP contribution in [0.1, 0.15) is 12.8 Å². The second kappa shape index (κ2) is 8.01. The van der Waals surface area contributed by atoms with Gasteiger partial charge < -0.3 is 10.1 Å². The van der Waals surface area contributed by atoms with E-state index in [1.54, 1.807) is 7.05 Å². The van der Waals surface area contributed by atoms with Crippen LogP contribution in [0.5, 0.6) is 5.75 Å². The van der Waals surface area contributed by atoms with Crippen molar-refractivity contribution in [2.75, 3.05) is 24.1 Å². The van der Waals surface area contributed by atoms with Gasteiger partial charge in [0.05, 0.1) is 5.75 Å². The van der Waals surface area contributed by atoms with Crippen LogP contribution in [0.15, 0.2) is 24.3 Å². The summed E-state index contributed by atoms with van der Waals surface area (Å²) >= 11 is 0. The molecule has 5 nitrogen and oxygen atoms in total. The summed E-state index contributed by atoms with van der Waals surface area (Å²) in [4.78, 5) is 0. The van der Waals surface area contributed by atoms with Gasteiger partial charge in [0, 0.05) is 5.69 Å². The molecule has 0 bridgehead atoms. The van der Waals surface area contributed by atoms with E-state index in [2.05, 4.69) is 14.8 Å². The lowest BCUT2D eigenvalue weighted by atomic mass is 10.3. The Bertz CT molecular complexity index is 492. The smallest absolute Gasteiger partial charge is 0.387 e. The summed E-state index contributed by atoms with van der Waals surface area (Å²) in [6.45, 7) is -2.14. The third-order valence-corrected chi connectivity index (χ3v) is 3.82. The van der Waals surface area contributed by atoms with Crippen molar-refractivity contribution in [3.63, 3.8) is 0 Å². The van der Waals surface area contributed by atoms with Gasteiger partial charge in [0.2, 0.25) is 10.0 Å². The minimum absolute atomic E-state index is 0.0167. The van der Waals surface area contributed by atoms with Gasteiger partial charge in [0.1, 0.15) is 5.75 Å². The van der Waals surface area contributed by atoms with Crippen LogP contribution >= 0.6 is 0 Å². The summed E-state index contributed by atoms with van der Waals surface area (Å²) in [7, 11) is -1.62. The number of anilines is 1. The Hall–Kier alpha value is -1.41. The van der Waals surface area contributed by atoms with Crippen LogP contribution in [-0.4, -0.2) is 34.4 Å². The van der Waals surface area contributed by atoms with Crippen LogP contribution in [-0.2, 0) is 10.0 Å². The Kier molecular flexibility index (Phi) is 6.66. The lowest BCUT2D eigenvalue weighted by Crippen LogP contribution is -2.18. The van der Waals surface area contributed by atoms with Crippen molar-refractivity contribution in [3.05, 3.63) is 24.3 Å². The number of unbranched alkanes of at least 4 members (excludes halogenated alkanes) is 1. The molecule has 0 unspecified atom stereocenters. The van der Waals surface area contributed by atoms with Crippen molar-refractivity contribution in [1.82, 2.24) is 5.32 Å². The average Bonchev–Trinajstić information content (AvgIpc) is 2.36. The van der Waals surface area contributed by atoms with E-state index in [-0.39, 0.29) is 11.5 Å². The molecule has 0 amide bonds. The molecule has 1 aromatic carbocycles. The summed E-state index contributed by atoms with van der Waals surface area (Å²) in [6.07, 6.45) is 1.31. The molecule has 0 aromatic heterocycles. The first-order valence-electron chi connectivity index (χ1n) is 6.13. The highest BCUT2D eigenvalue weighted by Crippen LogP contribution is 2.18. The van der Waals surface area contributed by atoms with Crippen molar-refractivity contribution < 1.29 is 21.9 Å². The van der Waals surface area contributed by atoms with Gasteiger partial charge in [0.25, 0.3) is 0 Å². The largest absolute Gasteiger partial charge is 0.435 e. The zero-order valence-corrected chi connectivity index (χ0v) is 11.9. The number of rotatable bonds is 9. The van der Waals surface area contributed by atoms with E-state index in [9.17, 15) is 17.2 Å². The molecule has 20 heavy (non-hydrogen) atoms. The molecule has 2 N–H and O–H groups in total. The van der Waals surface area contributed by atoms with Crippen LogP contribution in [0.25, 0.3) is 0 Å². The van der Waals surface area contributed by atoms with Gasteiger partial charge in [-0.1, -0.05) is 0 Å². The monoisotopic (exact) mass is 308 g/mol. The Morgan fingerprint density at radius 1 is 1.20 bits per heavy atom. The van der Waals surface area contributed by atoms with Gasteiger partial charge in [-0.15, -0.1) is 0 Å². The first-order chi connectivity index (χ1) is 9.43. The lowest BCUT2D eigenvalue weighted by molar-refractivity contribution is -0.0498. The maximum absolute atomic E-state index is 12.0. The molecule has 0 spiro atoms. The van der Waals surface area contributed by atoms with Gasteiger partial charge in [-0.2, -0.15) is 8.78 Å². The van der Waals surface area contributed by atoms with Crippen molar-refractivity contribution in [2.45, 2.75) is 19.5 Å². The number of ether oxygens (including phenoxy) is 1. The molecule has 1 aromatic rings. The minimum atomic E-state index is -3.42. The summed E-state index contributed by atoms with van der Waals surface area (Å²) in [6, 6.07) is 5.32. The molecule has 8 heteroatoms. The highest BCUT2D eigenvalue weighted by molar-refractivity contribution is 7.92. The van der Waals surface area contributed by atoms with E-state index in [4.69, 9.17) is 0 Å². The second-order valence-electron chi connectivity index (χ2n) is 4.13. The highest BCUT2D eigenvalue weighted by atomic mass is 32.2. The standard InChI is InChI=1S/C12H18F2N2O3S/c1-15-8-2-3-9-20(17,18)16-10-4-6-11(7-5-10)19-12(13)14/h4-7,12,15-16H,2-3,8-9H2,1H3. The number of halogens is 2. The highest BCUT2D eigenvalue weighted by Gasteiger charge is 2.10. The first-order valence-corrected chi connectivity index (χ1v) is 7.78. The van der Waals surface area contributed by atoms with Crippen LogP contribution in [0.3, 0.4) is 0 Å². The van der Waals surface area contributed by atoms with Crippen molar-refractivity contribution >= 4 is 15.7 Å². The Morgan fingerprint density at radius 3 is 2.40 bits per heavy atom. The Labute approximate surface area is 117 Å². The van der Waals surface area contributed by atoms with Crippen molar-refractivity contribution in [1.29, 1.82) is 0 Å². The number of hydrogen-bond donors (Lipinski definition) is 2. The fraction of sp³-hybridized carbons (Fsp3) is 0.500. The normalized spacial score (nSPS) is 11.6. The number of nitrogens with one attached hydrogen (secondary N) is 2. The Morgan fingerprint density at radius 2 is 1.85 bits per heavy atom. The zero-order valence-electron chi connectivity index (χ0n) is 11.1. The molecule has 0 fully saturated rings. The number of hydrogen-bond acceptors (Lipinski definition) is 4. The molecule has 114 valence electrons.